The molecular weight excluding hydrogens is 392 g/mol. The van der Waals surface area contributed by atoms with E-state index in [1.807, 2.05) is 32.1 Å². The predicted octanol–water partition coefficient (Wildman–Crippen LogP) is 4.38. The number of nitrogens with zero attached hydrogens (tertiary/aromatic N) is 3. The minimum absolute atomic E-state index is 0.00591. The van der Waals surface area contributed by atoms with Crippen molar-refractivity contribution >= 4 is 11.5 Å². The van der Waals surface area contributed by atoms with Crippen LogP contribution in [-0.2, 0) is 9.53 Å². The number of amides is 1. The molecule has 1 amide bonds. The van der Waals surface area contributed by atoms with Crippen LogP contribution in [0.25, 0.3) is 5.57 Å². The fourth-order valence-electron chi connectivity index (χ4n) is 4.02. The maximum absolute atomic E-state index is 12.1. The molecule has 1 aromatic rings. The smallest absolute Gasteiger partial charge is 0.246 e. The first kappa shape index (κ1) is 22.7. The molecule has 1 unspecified atom stereocenters. The van der Waals surface area contributed by atoms with E-state index >= 15 is 0 Å². The molecule has 1 aromatic heterocycles. The van der Waals surface area contributed by atoms with Crippen molar-refractivity contribution in [3.63, 3.8) is 0 Å². The summed E-state index contributed by atoms with van der Waals surface area (Å²) in [5.74, 6) is 0.863. The maximum Gasteiger partial charge on any atom is 0.246 e. The van der Waals surface area contributed by atoms with Gasteiger partial charge in [0.15, 0.2) is 0 Å². The minimum Gasteiger partial charge on any atom is -0.375 e. The number of ether oxygens (including phenoxy) is 1. The topological polar surface area (TPSA) is 101 Å². The lowest BCUT2D eigenvalue weighted by Crippen LogP contribution is -2.38. The number of carbonyl (C=O) groups is 1. The average Bonchev–Trinajstić information content (AvgIpc) is 3.13. The lowest BCUT2D eigenvalue weighted by Gasteiger charge is -2.25. The van der Waals surface area contributed by atoms with Gasteiger partial charge in [-0.05, 0) is 37.7 Å². The highest BCUT2D eigenvalue weighted by Gasteiger charge is 2.24. The number of nitriles is 1. The highest BCUT2D eigenvalue weighted by Crippen LogP contribution is 2.34. The van der Waals surface area contributed by atoms with Crippen molar-refractivity contribution in [2.45, 2.75) is 64.3 Å². The van der Waals surface area contributed by atoms with E-state index in [4.69, 9.17) is 9.26 Å². The third-order valence-corrected chi connectivity index (χ3v) is 5.70. The summed E-state index contributed by atoms with van der Waals surface area (Å²) in [5.41, 5.74) is 4.14. The molecule has 0 radical (unpaired) electrons. The van der Waals surface area contributed by atoms with Gasteiger partial charge in [0, 0.05) is 18.3 Å². The second kappa shape index (κ2) is 10.9. The fraction of sp³-hybridized carbons (Fsp3) is 0.500. The highest BCUT2D eigenvalue weighted by molar-refractivity contribution is 5.78. The van der Waals surface area contributed by atoms with Crippen molar-refractivity contribution in [1.82, 2.24) is 15.5 Å². The molecule has 1 N–H and O–H groups in total. The van der Waals surface area contributed by atoms with E-state index in [-0.39, 0.29) is 24.5 Å². The first-order valence-electron chi connectivity index (χ1n) is 10.9. The van der Waals surface area contributed by atoms with Crippen LogP contribution in [0.4, 0.5) is 0 Å². The molecule has 2 aliphatic carbocycles. The van der Waals surface area contributed by atoms with Crippen molar-refractivity contribution < 1.29 is 14.1 Å². The second-order valence-corrected chi connectivity index (χ2v) is 8.00. The molecule has 31 heavy (non-hydrogen) atoms. The Bertz CT molecular complexity index is 962. The van der Waals surface area contributed by atoms with Crippen LogP contribution in [0.5, 0.6) is 0 Å². The lowest BCUT2D eigenvalue weighted by molar-refractivity contribution is -0.125. The maximum atomic E-state index is 12.1. The molecule has 0 saturated heterocycles. The van der Waals surface area contributed by atoms with Crippen molar-refractivity contribution in [3.05, 3.63) is 52.7 Å². The number of methoxy groups -OCH3 is 1. The fourth-order valence-corrected chi connectivity index (χ4v) is 4.02. The first-order chi connectivity index (χ1) is 15.0. The van der Waals surface area contributed by atoms with E-state index in [1.165, 1.54) is 18.3 Å². The molecule has 7 nitrogen and oxygen atoms in total. The molecule has 0 spiro atoms. The van der Waals surface area contributed by atoms with Crippen molar-refractivity contribution in [1.29, 1.82) is 5.26 Å². The van der Waals surface area contributed by atoms with Gasteiger partial charge in [0.2, 0.25) is 17.6 Å². The van der Waals surface area contributed by atoms with Gasteiger partial charge in [-0.15, -0.1) is 0 Å². The number of nitrogens with one attached hydrogen (secondary N) is 1. The zero-order valence-corrected chi connectivity index (χ0v) is 18.5. The van der Waals surface area contributed by atoms with Gasteiger partial charge in [0.25, 0.3) is 0 Å². The Kier molecular flexibility index (Phi) is 7.96. The van der Waals surface area contributed by atoms with E-state index in [9.17, 15) is 10.1 Å². The summed E-state index contributed by atoms with van der Waals surface area (Å²) in [7, 11) is 1.53. The molecule has 2 atom stereocenters. The van der Waals surface area contributed by atoms with Crippen LogP contribution in [0, 0.1) is 11.3 Å². The largest absolute Gasteiger partial charge is 0.375 e. The predicted molar refractivity (Wildman–Crippen MR) is 118 cm³/mol. The van der Waals surface area contributed by atoms with Crippen LogP contribution >= 0.6 is 0 Å². The number of fused-ring (bicyclic) bond motifs is 2. The molecule has 7 heteroatoms. The SMILES string of the molecule is CC/C(C#N)=C\C(C)c1nc(C2=C3CCCC[C@H](NC(=O)COC)C(=CC=C2)C3)no1. The van der Waals surface area contributed by atoms with Crippen molar-refractivity contribution in [3.8, 4) is 6.07 Å². The summed E-state index contributed by atoms with van der Waals surface area (Å²) >= 11 is 0. The highest BCUT2D eigenvalue weighted by atomic mass is 16.5. The van der Waals surface area contributed by atoms with Gasteiger partial charge in [-0.3, -0.25) is 4.79 Å². The third kappa shape index (κ3) is 5.80. The van der Waals surface area contributed by atoms with Gasteiger partial charge in [-0.25, -0.2) is 0 Å². The first-order valence-corrected chi connectivity index (χ1v) is 10.9. The van der Waals surface area contributed by atoms with E-state index in [2.05, 4.69) is 27.6 Å². The molecule has 1 saturated carbocycles. The van der Waals surface area contributed by atoms with E-state index in [1.54, 1.807) is 0 Å². The number of aromatic nitrogens is 2. The van der Waals surface area contributed by atoms with Crippen LogP contribution in [0.1, 0.15) is 70.0 Å². The van der Waals surface area contributed by atoms with Crippen LogP contribution in [0.2, 0.25) is 0 Å². The van der Waals surface area contributed by atoms with Gasteiger partial charge < -0.3 is 14.6 Å². The number of hydrogen-bond acceptors (Lipinski definition) is 6. The molecule has 0 aromatic carbocycles. The number of hydrogen-bond donors (Lipinski definition) is 1. The number of allylic oxidation sites excluding steroid dienone is 7. The van der Waals surface area contributed by atoms with Crippen molar-refractivity contribution in [2.24, 2.45) is 0 Å². The normalized spacial score (nSPS) is 20.3. The zero-order valence-electron chi connectivity index (χ0n) is 18.5. The summed E-state index contributed by atoms with van der Waals surface area (Å²) in [6.45, 7) is 3.97. The van der Waals surface area contributed by atoms with E-state index in [0.717, 1.165) is 37.7 Å². The Hall–Kier alpha value is -2.98. The quantitative estimate of drug-likeness (QED) is 0.655. The van der Waals surface area contributed by atoms with Gasteiger partial charge >= 0.3 is 0 Å². The average molecular weight is 423 g/mol. The Morgan fingerprint density at radius 2 is 2.32 bits per heavy atom. The minimum atomic E-state index is -0.123. The van der Waals surface area contributed by atoms with Crippen molar-refractivity contribution in [2.75, 3.05) is 13.7 Å². The number of rotatable bonds is 7. The molecule has 1 heterocycles. The summed E-state index contributed by atoms with van der Waals surface area (Å²) < 4.78 is 10.5. The summed E-state index contributed by atoms with van der Waals surface area (Å²) in [4.78, 5) is 16.7. The standard InChI is InChI=1S/C24H30N4O3/c1-4-17(14-25)12-16(2)24-27-23(28-31-24)20-10-7-9-19-13-18(20)8-5-6-11-21(19)26-22(29)15-30-3/h7,9-10,12,16,21H,4-6,8,11,13,15H2,1-3H3,(H,26,29)/b17-12+/t16?,21-/m0/s1. The molecule has 3 rings (SSSR count). The Morgan fingerprint density at radius 1 is 1.48 bits per heavy atom. The third-order valence-electron chi connectivity index (χ3n) is 5.70. The molecule has 2 bridgehead atoms. The van der Waals surface area contributed by atoms with E-state index < -0.39 is 0 Å². The van der Waals surface area contributed by atoms with Gasteiger partial charge in [-0.2, -0.15) is 10.2 Å². The zero-order chi connectivity index (χ0) is 22.2. The summed E-state index contributed by atoms with van der Waals surface area (Å²) in [6, 6.07) is 2.21. The van der Waals surface area contributed by atoms with Crippen LogP contribution in [0.3, 0.4) is 0 Å². The summed E-state index contributed by atoms with van der Waals surface area (Å²) in [5, 5.41) is 16.5. The Morgan fingerprint density at radius 3 is 3.06 bits per heavy atom. The molecule has 2 aliphatic rings. The van der Waals surface area contributed by atoms with Crippen LogP contribution < -0.4 is 5.32 Å². The van der Waals surface area contributed by atoms with Gasteiger partial charge in [-0.1, -0.05) is 55.3 Å². The van der Waals surface area contributed by atoms with Crippen LogP contribution in [-0.4, -0.2) is 35.8 Å². The van der Waals surface area contributed by atoms with Gasteiger partial charge in [0.05, 0.1) is 18.0 Å². The van der Waals surface area contributed by atoms with Gasteiger partial charge in [0.1, 0.15) is 6.61 Å². The lowest BCUT2D eigenvalue weighted by atomic mass is 9.87. The van der Waals surface area contributed by atoms with E-state index in [0.29, 0.717) is 23.7 Å². The molecule has 164 valence electrons. The monoisotopic (exact) mass is 422 g/mol. The Balaban J connectivity index is 1.84. The molecular formula is C24H30N4O3. The Labute approximate surface area is 183 Å². The molecule has 1 fully saturated rings. The summed E-state index contributed by atoms with van der Waals surface area (Å²) in [6.07, 6.45) is 13.4. The molecule has 0 aliphatic heterocycles. The van der Waals surface area contributed by atoms with Crippen LogP contribution in [0.15, 0.2) is 45.5 Å². The second-order valence-electron chi connectivity index (χ2n) is 8.00. The number of carbonyl (C=O) groups excluding carboxylic acids is 1.